The second kappa shape index (κ2) is 9.73. The number of aryl methyl sites for hydroxylation is 2. The van der Waals surface area contributed by atoms with Crippen molar-refractivity contribution in [1.82, 2.24) is 20.0 Å². The van der Waals surface area contributed by atoms with Gasteiger partial charge in [-0.15, -0.1) is 24.0 Å². The molecule has 0 fully saturated rings. The maximum absolute atomic E-state index is 4.72. The van der Waals surface area contributed by atoms with Crippen LogP contribution in [0.4, 0.5) is 0 Å². The minimum atomic E-state index is 0. The van der Waals surface area contributed by atoms with E-state index < -0.39 is 0 Å². The Morgan fingerprint density at radius 3 is 2.63 bits per heavy atom. The molecule has 0 bridgehead atoms. The number of nitrogens with zero attached hydrogens (tertiary/aromatic N) is 3. The van der Waals surface area contributed by atoms with E-state index in [1.54, 1.807) is 0 Å². The SMILES string of the molecule is CCNC(=NCc1cn2c(C)cccc2n1)NC(C)c1ccccc1C.I. The van der Waals surface area contributed by atoms with Crippen molar-refractivity contribution in [2.45, 2.75) is 40.3 Å². The number of halogens is 1. The molecule has 0 amide bonds. The third kappa shape index (κ3) is 5.22. The summed E-state index contributed by atoms with van der Waals surface area (Å²) >= 11 is 0. The van der Waals surface area contributed by atoms with Crippen LogP contribution >= 0.6 is 24.0 Å². The Labute approximate surface area is 178 Å². The lowest BCUT2D eigenvalue weighted by molar-refractivity contribution is 0.682. The molecule has 0 radical (unpaired) electrons. The fourth-order valence-electron chi connectivity index (χ4n) is 3.11. The average molecular weight is 477 g/mol. The van der Waals surface area contributed by atoms with Crippen LogP contribution in [-0.2, 0) is 6.54 Å². The molecule has 0 aliphatic rings. The first-order chi connectivity index (χ1) is 12.6. The van der Waals surface area contributed by atoms with Crippen LogP contribution in [0.5, 0.6) is 0 Å². The molecule has 144 valence electrons. The minimum Gasteiger partial charge on any atom is -0.357 e. The predicted molar refractivity (Wildman–Crippen MR) is 123 cm³/mol. The van der Waals surface area contributed by atoms with Gasteiger partial charge >= 0.3 is 0 Å². The zero-order valence-corrected chi connectivity index (χ0v) is 18.7. The quantitative estimate of drug-likeness (QED) is 0.326. The fraction of sp³-hybridized carbons (Fsp3) is 0.333. The van der Waals surface area contributed by atoms with E-state index in [1.807, 2.05) is 12.1 Å². The summed E-state index contributed by atoms with van der Waals surface area (Å²) in [7, 11) is 0. The van der Waals surface area contributed by atoms with Gasteiger partial charge in [0.25, 0.3) is 0 Å². The van der Waals surface area contributed by atoms with Crippen molar-refractivity contribution in [3.05, 3.63) is 71.2 Å². The number of rotatable bonds is 5. The second-order valence-electron chi connectivity index (χ2n) is 6.55. The average Bonchev–Trinajstić information content (AvgIpc) is 3.05. The fourth-order valence-corrected chi connectivity index (χ4v) is 3.11. The van der Waals surface area contributed by atoms with Crippen LogP contribution < -0.4 is 10.6 Å². The molecule has 1 unspecified atom stereocenters. The van der Waals surface area contributed by atoms with Crippen LogP contribution in [-0.4, -0.2) is 21.9 Å². The summed E-state index contributed by atoms with van der Waals surface area (Å²) in [6.07, 6.45) is 2.06. The molecule has 3 aromatic rings. The van der Waals surface area contributed by atoms with Gasteiger partial charge in [-0.05, 0) is 51.0 Å². The van der Waals surface area contributed by atoms with Crippen LogP contribution in [0.25, 0.3) is 5.65 Å². The van der Waals surface area contributed by atoms with E-state index in [0.29, 0.717) is 6.54 Å². The van der Waals surface area contributed by atoms with E-state index >= 15 is 0 Å². The van der Waals surface area contributed by atoms with Gasteiger partial charge in [0.2, 0.25) is 0 Å². The number of aromatic nitrogens is 2. The Morgan fingerprint density at radius 2 is 1.93 bits per heavy atom. The van der Waals surface area contributed by atoms with Gasteiger partial charge in [0.15, 0.2) is 5.96 Å². The van der Waals surface area contributed by atoms with E-state index in [1.165, 1.54) is 16.8 Å². The molecule has 1 aromatic carbocycles. The van der Waals surface area contributed by atoms with Crippen molar-refractivity contribution < 1.29 is 0 Å². The molecule has 6 heteroatoms. The topological polar surface area (TPSA) is 53.7 Å². The Kier molecular flexibility index (Phi) is 7.65. The lowest BCUT2D eigenvalue weighted by Gasteiger charge is -2.19. The highest BCUT2D eigenvalue weighted by molar-refractivity contribution is 14.0. The summed E-state index contributed by atoms with van der Waals surface area (Å²) in [5, 5.41) is 6.82. The molecular weight excluding hydrogens is 449 g/mol. The first-order valence-corrected chi connectivity index (χ1v) is 9.12. The van der Waals surface area contributed by atoms with Crippen molar-refractivity contribution in [1.29, 1.82) is 0 Å². The van der Waals surface area contributed by atoms with Gasteiger partial charge in [-0.3, -0.25) is 0 Å². The van der Waals surface area contributed by atoms with Gasteiger partial charge in [0.05, 0.1) is 18.3 Å². The Balaban J connectivity index is 0.00000261. The normalized spacial score (nSPS) is 12.5. The number of fused-ring (bicyclic) bond motifs is 1. The first-order valence-electron chi connectivity index (χ1n) is 9.12. The summed E-state index contributed by atoms with van der Waals surface area (Å²) in [5.74, 6) is 0.803. The molecule has 0 spiro atoms. The smallest absolute Gasteiger partial charge is 0.192 e. The van der Waals surface area contributed by atoms with Gasteiger partial charge in [-0.1, -0.05) is 30.3 Å². The third-order valence-electron chi connectivity index (χ3n) is 4.50. The van der Waals surface area contributed by atoms with E-state index in [9.17, 15) is 0 Å². The number of guanidine groups is 1. The molecule has 2 aromatic heterocycles. The summed E-state index contributed by atoms with van der Waals surface area (Å²) in [6, 6.07) is 14.7. The standard InChI is InChI=1S/C21H27N5.HI/c1-5-22-21(24-17(4)19-11-7-6-9-15(19)2)23-13-18-14-26-16(3)10-8-12-20(26)25-18;/h6-12,14,17H,5,13H2,1-4H3,(H2,22,23,24);1H. The first kappa shape index (κ1) is 21.2. The zero-order valence-electron chi connectivity index (χ0n) is 16.4. The van der Waals surface area contributed by atoms with Crippen molar-refractivity contribution in [2.75, 3.05) is 6.54 Å². The lowest BCUT2D eigenvalue weighted by atomic mass is 10.0. The highest BCUT2D eigenvalue weighted by Gasteiger charge is 2.10. The van der Waals surface area contributed by atoms with Gasteiger partial charge in [-0.2, -0.15) is 0 Å². The zero-order chi connectivity index (χ0) is 18.5. The Bertz CT molecular complexity index is 916. The maximum Gasteiger partial charge on any atom is 0.192 e. The number of aliphatic imine (C=N–C) groups is 1. The summed E-state index contributed by atoms with van der Waals surface area (Å²) in [5.41, 5.74) is 5.64. The van der Waals surface area contributed by atoms with Gasteiger partial charge < -0.3 is 15.0 Å². The van der Waals surface area contributed by atoms with E-state index in [4.69, 9.17) is 4.99 Å². The minimum absolute atomic E-state index is 0. The highest BCUT2D eigenvalue weighted by Crippen LogP contribution is 2.16. The number of hydrogen-bond acceptors (Lipinski definition) is 2. The lowest BCUT2D eigenvalue weighted by Crippen LogP contribution is -2.38. The van der Waals surface area contributed by atoms with E-state index in [0.717, 1.165) is 23.8 Å². The van der Waals surface area contributed by atoms with Crippen LogP contribution in [0.3, 0.4) is 0 Å². The van der Waals surface area contributed by atoms with Crippen LogP contribution in [0, 0.1) is 13.8 Å². The number of hydrogen-bond donors (Lipinski definition) is 2. The number of pyridine rings is 1. The second-order valence-corrected chi connectivity index (χ2v) is 6.55. The van der Waals surface area contributed by atoms with Gasteiger partial charge in [0, 0.05) is 18.4 Å². The van der Waals surface area contributed by atoms with Gasteiger partial charge in [0.1, 0.15) is 5.65 Å². The molecule has 5 nitrogen and oxygen atoms in total. The molecule has 27 heavy (non-hydrogen) atoms. The van der Waals surface area contributed by atoms with E-state index in [-0.39, 0.29) is 30.0 Å². The monoisotopic (exact) mass is 477 g/mol. The Morgan fingerprint density at radius 1 is 1.15 bits per heavy atom. The molecule has 0 saturated carbocycles. The third-order valence-corrected chi connectivity index (χ3v) is 4.50. The van der Waals surface area contributed by atoms with E-state index in [2.05, 4.69) is 84.2 Å². The number of nitrogens with one attached hydrogen (secondary N) is 2. The molecule has 2 N–H and O–H groups in total. The molecule has 0 saturated heterocycles. The number of benzene rings is 1. The molecule has 3 rings (SSSR count). The largest absolute Gasteiger partial charge is 0.357 e. The van der Waals surface area contributed by atoms with Crippen molar-refractivity contribution >= 4 is 35.6 Å². The number of imidazole rings is 1. The van der Waals surface area contributed by atoms with Crippen LogP contribution in [0.1, 0.15) is 42.4 Å². The highest BCUT2D eigenvalue weighted by atomic mass is 127. The summed E-state index contributed by atoms with van der Waals surface area (Å²) in [6.45, 7) is 9.80. The molecule has 2 heterocycles. The van der Waals surface area contributed by atoms with Crippen LogP contribution in [0.15, 0.2) is 53.7 Å². The van der Waals surface area contributed by atoms with Crippen molar-refractivity contribution in [2.24, 2.45) is 4.99 Å². The van der Waals surface area contributed by atoms with Crippen molar-refractivity contribution in [3.63, 3.8) is 0 Å². The molecule has 1 atom stereocenters. The van der Waals surface area contributed by atoms with Gasteiger partial charge in [-0.25, -0.2) is 9.98 Å². The predicted octanol–water partition coefficient (Wildman–Crippen LogP) is 4.39. The maximum atomic E-state index is 4.72. The van der Waals surface area contributed by atoms with Crippen LogP contribution in [0.2, 0.25) is 0 Å². The summed E-state index contributed by atoms with van der Waals surface area (Å²) < 4.78 is 2.10. The Hall–Kier alpha value is -2.09. The molecular formula is C21H28IN5. The molecule has 0 aliphatic carbocycles. The summed E-state index contributed by atoms with van der Waals surface area (Å²) in [4.78, 5) is 9.38. The molecule has 0 aliphatic heterocycles. The van der Waals surface area contributed by atoms with Crippen molar-refractivity contribution in [3.8, 4) is 0 Å².